The van der Waals surface area contributed by atoms with E-state index in [-0.39, 0.29) is 11.4 Å². The maximum Gasteiger partial charge on any atom is 0.241 e. The molecule has 3 rings (SSSR count). The zero-order valence-corrected chi connectivity index (χ0v) is 11.4. The molecule has 1 saturated carbocycles. The molecule has 1 aliphatic heterocycles. The van der Waals surface area contributed by atoms with Gasteiger partial charge in [0.1, 0.15) is 0 Å². The topological polar surface area (TPSA) is 49.6 Å². The molecule has 2 fully saturated rings. The summed E-state index contributed by atoms with van der Waals surface area (Å²) >= 11 is 0. The molecule has 1 saturated heterocycles. The van der Waals surface area contributed by atoms with Crippen molar-refractivity contribution in [1.82, 2.24) is 4.90 Å². The van der Waals surface area contributed by atoms with E-state index < -0.39 is 0 Å². The number of likely N-dealkylation sites (N-methyl/N-ethyl adjacent to an activating group) is 1. The van der Waals surface area contributed by atoms with Gasteiger partial charge in [0.2, 0.25) is 5.91 Å². The lowest BCUT2D eigenvalue weighted by Gasteiger charge is -2.35. The lowest BCUT2D eigenvalue weighted by molar-refractivity contribution is -0.129. The molecule has 1 aliphatic carbocycles. The highest BCUT2D eigenvalue weighted by Gasteiger charge is 2.38. The van der Waals surface area contributed by atoms with E-state index in [2.05, 4.69) is 23.1 Å². The van der Waals surface area contributed by atoms with E-state index in [4.69, 9.17) is 5.73 Å². The summed E-state index contributed by atoms with van der Waals surface area (Å²) in [6.45, 7) is 2.17. The van der Waals surface area contributed by atoms with Crippen molar-refractivity contribution in [3.05, 3.63) is 29.8 Å². The molecule has 1 aromatic carbocycles. The predicted molar refractivity (Wildman–Crippen MR) is 76.1 cm³/mol. The number of hydrogen-bond acceptors (Lipinski definition) is 3. The zero-order valence-electron chi connectivity index (χ0n) is 11.4. The van der Waals surface area contributed by atoms with E-state index in [1.165, 1.54) is 11.3 Å². The van der Waals surface area contributed by atoms with Gasteiger partial charge in [-0.2, -0.15) is 0 Å². The summed E-state index contributed by atoms with van der Waals surface area (Å²) in [5.41, 5.74) is 8.70. The van der Waals surface area contributed by atoms with Crippen LogP contribution in [0.25, 0.3) is 0 Å². The molecule has 1 heterocycles. The van der Waals surface area contributed by atoms with Crippen LogP contribution in [-0.2, 0) is 11.2 Å². The van der Waals surface area contributed by atoms with E-state index in [0.29, 0.717) is 6.54 Å². The fraction of sp³-hybridized carbons (Fsp3) is 0.533. The number of benzene rings is 1. The molecule has 0 radical (unpaired) electrons. The minimum atomic E-state index is 0.00664. The number of anilines is 1. The van der Waals surface area contributed by atoms with Crippen molar-refractivity contribution in [2.75, 3.05) is 31.6 Å². The number of para-hydroxylation sites is 1. The molecule has 1 aromatic rings. The summed E-state index contributed by atoms with van der Waals surface area (Å²) in [5.74, 6) is 0.190. The van der Waals surface area contributed by atoms with Crippen LogP contribution in [0.4, 0.5) is 5.69 Å². The van der Waals surface area contributed by atoms with E-state index in [9.17, 15) is 4.79 Å². The first-order valence-corrected chi connectivity index (χ1v) is 6.93. The summed E-state index contributed by atoms with van der Waals surface area (Å²) in [5, 5.41) is 0. The second kappa shape index (κ2) is 4.53. The minimum Gasteiger partial charge on any atom is -0.360 e. The summed E-state index contributed by atoms with van der Waals surface area (Å²) in [6.07, 6.45) is 3.15. The highest BCUT2D eigenvalue weighted by atomic mass is 16.2. The molecule has 0 spiro atoms. The molecule has 0 unspecified atom stereocenters. The van der Waals surface area contributed by atoms with Crippen LogP contribution in [0.3, 0.4) is 0 Å². The van der Waals surface area contributed by atoms with Gasteiger partial charge in [-0.1, -0.05) is 18.2 Å². The van der Waals surface area contributed by atoms with Gasteiger partial charge < -0.3 is 15.5 Å². The Morgan fingerprint density at radius 1 is 1.26 bits per heavy atom. The molecule has 0 bridgehead atoms. The molecule has 4 heteroatoms. The number of piperazine rings is 1. The number of hydrogen-bond donors (Lipinski definition) is 1. The minimum absolute atomic E-state index is 0.00664. The van der Waals surface area contributed by atoms with Gasteiger partial charge in [0.25, 0.3) is 0 Å². The Morgan fingerprint density at radius 2 is 2.00 bits per heavy atom. The van der Waals surface area contributed by atoms with Crippen LogP contribution in [0.15, 0.2) is 24.3 Å². The van der Waals surface area contributed by atoms with Crippen LogP contribution >= 0.6 is 0 Å². The second-order valence-corrected chi connectivity index (χ2v) is 5.90. The smallest absolute Gasteiger partial charge is 0.241 e. The van der Waals surface area contributed by atoms with E-state index in [0.717, 1.165) is 32.4 Å². The van der Waals surface area contributed by atoms with Gasteiger partial charge in [-0.15, -0.1) is 0 Å². The first kappa shape index (κ1) is 12.5. The summed E-state index contributed by atoms with van der Waals surface area (Å²) in [6, 6.07) is 8.35. The van der Waals surface area contributed by atoms with Crippen molar-refractivity contribution in [1.29, 1.82) is 0 Å². The predicted octanol–water partition coefficient (Wildman–Crippen LogP) is 0.999. The number of carbonyl (C=O) groups excluding carboxylic acids is 1. The van der Waals surface area contributed by atoms with Gasteiger partial charge in [0.05, 0.1) is 6.54 Å². The monoisotopic (exact) mass is 259 g/mol. The van der Waals surface area contributed by atoms with Crippen molar-refractivity contribution in [2.45, 2.75) is 24.8 Å². The van der Waals surface area contributed by atoms with Gasteiger partial charge in [-0.05, 0) is 30.9 Å². The molecule has 0 atom stereocenters. The number of amides is 1. The Balaban J connectivity index is 1.82. The van der Waals surface area contributed by atoms with Gasteiger partial charge in [0.15, 0.2) is 0 Å². The first-order valence-electron chi connectivity index (χ1n) is 6.93. The summed E-state index contributed by atoms with van der Waals surface area (Å²) in [7, 11) is 1.87. The van der Waals surface area contributed by atoms with Gasteiger partial charge in [-0.25, -0.2) is 0 Å². The van der Waals surface area contributed by atoms with Gasteiger partial charge in [0, 0.05) is 31.4 Å². The Kier molecular flexibility index (Phi) is 2.97. The number of rotatable bonds is 3. The van der Waals surface area contributed by atoms with Crippen LogP contribution in [-0.4, -0.2) is 43.0 Å². The average Bonchev–Trinajstić information content (AvgIpc) is 3.11. The third-order valence-electron chi connectivity index (χ3n) is 4.22. The van der Waals surface area contributed by atoms with Gasteiger partial charge >= 0.3 is 0 Å². The molecule has 2 aliphatic rings. The highest BCUT2D eigenvalue weighted by Crippen LogP contribution is 2.38. The maximum absolute atomic E-state index is 11.8. The zero-order chi connectivity index (χ0) is 13.5. The lowest BCUT2D eigenvalue weighted by Crippen LogP contribution is -2.49. The van der Waals surface area contributed by atoms with E-state index in [1.807, 2.05) is 13.1 Å². The molecule has 102 valence electrons. The lowest BCUT2D eigenvalue weighted by atomic mass is 10.0. The number of nitrogens with two attached hydrogens (primary N) is 1. The van der Waals surface area contributed by atoms with E-state index >= 15 is 0 Å². The summed E-state index contributed by atoms with van der Waals surface area (Å²) < 4.78 is 0. The van der Waals surface area contributed by atoms with E-state index in [1.54, 1.807) is 4.90 Å². The van der Waals surface area contributed by atoms with Crippen LogP contribution in [0.5, 0.6) is 0 Å². The Labute approximate surface area is 114 Å². The molecular formula is C15H21N3O. The van der Waals surface area contributed by atoms with Crippen LogP contribution in [0.1, 0.15) is 18.4 Å². The van der Waals surface area contributed by atoms with Crippen molar-refractivity contribution >= 4 is 11.6 Å². The van der Waals surface area contributed by atoms with Crippen molar-refractivity contribution in [3.8, 4) is 0 Å². The Bertz CT molecular complexity index is 496. The fourth-order valence-corrected chi connectivity index (χ4v) is 2.65. The Morgan fingerprint density at radius 3 is 2.68 bits per heavy atom. The number of nitrogens with zero attached hydrogens (tertiary/aromatic N) is 2. The normalized spacial score (nSPS) is 21.7. The largest absolute Gasteiger partial charge is 0.360 e. The first-order chi connectivity index (χ1) is 9.07. The van der Waals surface area contributed by atoms with Gasteiger partial charge in [-0.3, -0.25) is 4.79 Å². The standard InChI is InChI=1S/C15H21N3O/c1-17-8-9-18(11-14(17)19)13-5-3-2-4-12(13)10-15(16)6-7-15/h2-5H,6-11,16H2,1H3. The quantitative estimate of drug-likeness (QED) is 0.881. The van der Waals surface area contributed by atoms with Crippen LogP contribution in [0.2, 0.25) is 0 Å². The SMILES string of the molecule is CN1CCN(c2ccccc2CC2(N)CC2)CC1=O. The molecule has 4 nitrogen and oxygen atoms in total. The summed E-state index contributed by atoms with van der Waals surface area (Å²) in [4.78, 5) is 15.8. The molecule has 19 heavy (non-hydrogen) atoms. The Hall–Kier alpha value is -1.55. The third-order valence-corrected chi connectivity index (χ3v) is 4.22. The molecular weight excluding hydrogens is 238 g/mol. The average molecular weight is 259 g/mol. The highest BCUT2D eigenvalue weighted by molar-refractivity contribution is 5.83. The maximum atomic E-state index is 11.8. The third kappa shape index (κ3) is 2.59. The fourth-order valence-electron chi connectivity index (χ4n) is 2.65. The van der Waals surface area contributed by atoms with Crippen molar-refractivity contribution in [2.24, 2.45) is 5.73 Å². The van der Waals surface area contributed by atoms with Crippen LogP contribution in [0, 0.1) is 0 Å². The van der Waals surface area contributed by atoms with Crippen molar-refractivity contribution < 1.29 is 4.79 Å². The molecule has 2 N–H and O–H groups in total. The second-order valence-electron chi connectivity index (χ2n) is 5.90. The van der Waals surface area contributed by atoms with Crippen LogP contribution < -0.4 is 10.6 Å². The number of carbonyl (C=O) groups is 1. The molecule has 0 aromatic heterocycles. The van der Waals surface area contributed by atoms with Crippen molar-refractivity contribution in [3.63, 3.8) is 0 Å². The molecule has 1 amide bonds.